The fourth-order valence-corrected chi connectivity index (χ4v) is 7.14. The van der Waals surface area contributed by atoms with Crippen LogP contribution in [0.1, 0.15) is 41.4 Å². The van der Waals surface area contributed by atoms with E-state index in [1.165, 1.54) is 9.80 Å². The molecule has 4 amide bonds. The number of amides is 4. The minimum absolute atomic E-state index is 0. The molecule has 10 rings (SSSR count). The Morgan fingerprint density at radius 1 is 0.475 bits per heavy atom. The molecule has 1 fully saturated rings. The largest absolute Gasteiger partial charge is 1.00 e. The molecule has 2 aromatic carbocycles. The van der Waals surface area contributed by atoms with Crippen molar-refractivity contribution in [1.29, 1.82) is 0 Å². The molecule has 8 heterocycles. The van der Waals surface area contributed by atoms with Crippen LogP contribution in [0.5, 0.6) is 0 Å². The minimum atomic E-state index is -0.430. The van der Waals surface area contributed by atoms with Gasteiger partial charge in [0.2, 0.25) is 0 Å². The van der Waals surface area contributed by atoms with Crippen LogP contribution in [-0.2, 0) is 31.1 Å². The maximum atomic E-state index is 13.3. The third-order valence-electron chi connectivity index (χ3n) is 10.1. The number of morpholine rings is 1. The third kappa shape index (κ3) is 9.83. The number of imidazole rings is 1. The first-order valence-corrected chi connectivity index (χ1v) is 19.2. The molecule has 0 atom stereocenters. The van der Waals surface area contributed by atoms with Crippen LogP contribution in [0.15, 0.2) is 141 Å². The van der Waals surface area contributed by atoms with E-state index in [0.717, 1.165) is 35.9 Å². The number of carbonyl (C=O) groups is 4. The number of imide groups is 2. The zero-order valence-electron chi connectivity index (χ0n) is 32.7. The molecule has 7 aromatic rings. The van der Waals surface area contributed by atoms with Gasteiger partial charge in [0.05, 0.1) is 42.3 Å². The standard InChI is InChI=1S/C25H23N5O5.2C10H8N2.ClH.Os/c31-22-16-1-3-18-21-19(25(34)30(24(18)33)10-8-28-6-5-26-15-28)4-2-17(20(16)21)23(32)29(22)9-7-27-11-13-35-14-12-27;2*1-3-7-11-9(5-1)10-6-2-4-8-12-10;;/h1-6,15H,7-14H2;2*1-8H;1H;/q;;;;+1/p-1. The van der Waals surface area contributed by atoms with E-state index in [1.54, 1.807) is 72.3 Å². The summed E-state index contributed by atoms with van der Waals surface area (Å²) in [6, 6.07) is 29.6. The molecule has 0 bridgehead atoms. The Morgan fingerprint density at radius 3 is 1.18 bits per heavy atom. The van der Waals surface area contributed by atoms with E-state index < -0.39 is 23.6 Å². The Bertz CT molecular complexity index is 2360. The minimum Gasteiger partial charge on any atom is -1.00 e. The van der Waals surface area contributed by atoms with Gasteiger partial charge in [-0.3, -0.25) is 53.8 Å². The number of hydrogen-bond acceptors (Lipinski definition) is 11. The topological polar surface area (TPSA) is 157 Å². The number of aromatic nitrogens is 6. The van der Waals surface area contributed by atoms with Crippen LogP contribution in [0.4, 0.5) is 0 Å². The second-order valence-electron chi connectivity index (χ2n) is 13.7. The van der Waals surface area contributed by atoms with E-state index in [9.17, 15) is 19.2 Å². The van der Waals surface area contributed by atoms with Crippen LogP contribution in [0.3, 0.4) is 0 Å². The maximum absolute atomic E-state index is 13.3. The zero-order chi connectivity index (χ0) is 40.6. The molecule has 5 aromatic heterocycles. The van der Waals surface area contributed by atoms with E-state index in [-0.39, 0.29) is 45.3 Å². The van der Waals surface area contributed by atoms with E-state index in [4.69, 9.17) is 4.74 Å². The van der Waals surface area contributed by atoms with Crippen LogP contribution in [-0.4, -0.2) is 114 Å². The number of halogens is 1. The fraction of sp³-hybridized carbons (Fsp3) is 0.178. The Morgan fingerprint density at radius 2 is 0.852 bits per heavy atom. The van der Waals surface area contributed by atoms with Crippen LogP contribution >= 0.6 is 0 Å². The van der Waals surface area contributed by atoms with Crippen molar-refractivity contribution >= 4 is 34.4 Å². The number of nitrogens with zero attached hydrogens (tertiary/aromatic N) is 9. The van der Waals surface area contributed by atoms with Gasteiger partial charge in [-0.15, -0.1) is 0 Å². The summed E-state index contributed by atoms with van der Waals surface area (Å²) in [5.74, 6) is -1.66. The molecule has 0 saturated carbocycles. The number of hydrogen-bond donors (Lipinski definition) is 0. The van der Waals surface area contributed by atoms with Crippen LogP contribution in [0, 0.1) is 0 Å². The number of carbonyl (C=O) groups excluding carboxylic acids is 4. The van der Waals surface area contributed by atoms with Gasteiger partial charge in [-0.1, -0.05) is 24.3 Å². The van der Waals surface area contributed by atoms with Gasteiger partial charge in [-0.05, 0) is 72.8 Å². The van der Waals surface area contributed by atoms with Crippen LogP contribution < -0.4 is 12.4 Å². The summed E-state index contributed by atoms with van der Waals surface area (Å²) in [6.45, 7) is 4.23. The first kappa shape index (κ1) is 44.2. The van der Waals surface area contributed by atoms with Crippen LogP contribution in [0.25, 0.3) is 33.5 Å². The summed E-state index contributed by atoms with van der Waals surface area (Å²) in [7, 11) is 0. The molecule has 3 aliphatic rings. The second-order valence-corrected chi connectivity index (χ2v) is 13.7. The molecular weight excluding hydrogens is 972 g/mol. The van der Waals surface area contributed by atoms with E-state index in [1.807, 2.05) is 72.8 Å². The molecule has 1 saturated heterocycles. The summed E-state index contributed by atoms with van der Waals surface area (Å²) in [5, 5.41) is 0.789. The predicted molar refractivity (Wildman–Crippen MR) is 219 cm³/mol. The maximum Gasteiger partial charge on any atom is 1.00 e. The molecule has 16 heteroatoms. The molecule has 0 unspecified atom stereocenters. The Hall–Kier alpha value is -6.36. The number of benzene rings is 2. The first-order valence-electron chi connectivity index (χ1n) is 19.2. The van der Waals surface area contributed by atoms with Crippen molar-refractivity contribution < 1.29 is 56.1 Å². The van der Waals surface area contributed by atoms with Gasteiger partial charge in [0.15, 0.2) is 0 Å². The number of rotatable bonds is 8. The van der Waals surface area contributed by atoms with Gasteiger partial charge in [0, 0.05) is 109 Å². The molecule has 1 radical (unpaired) electrons. The summed E-state index contributed by atoms with van der Waals surface area (Å²) in [5.41, 5.74) is 5.00. The summed E-state index contributed by atoms with van der Waals surface area (Å²) < 4.78 is 7.16. The Kier molecular flexibility index (Phi) is 15.0. The molecule has 61 heavy (non-hydrogen) atoms. The van der Waals surface area contributed by atoms with Gasteiger partial charge in [0.1, 0.15) is 0 Å². The third-order valence-corrected chi connectivity index (χ3v) is 10.1. The van der Waals surface area contributed by atoms with E-state index >= 15 is 0 Å². The summed E-state index contributed by atoms with van der Waals surface area (Å²) in [6.07, 6.45) is 12.1. The van der Waals surface area contributed by atoms with Gasteiger partial charge >= 0.3 is 19.8 Å². The van der Waals surface area contributed by atoms with Gasteiger partial charge in [-0.25, -0.2) is 4.98 Å². The van der Waals surface area contributed by atoms with Crippen molar-refractivity contribution in [3.05, 3.63) is 163 Å². The van der Waals surface area contributed by atoms with Crippen molar-refractivity contribution in [1.82, 2.24) is 44.2 Å². The Balaban J connectivity index is 0.000000195. The number of ether oxygens (including phenoxy) is 1. The molecule has 0 N–H and O–H groups in total. The van der Waals surface area contributed by atoms with Crippen LogP contribution in [0.2, 0.25) is 0 Å². The van der Waals surface area contributed by atoms with Gasteiger partial charge < -0.3 is 21.7 Å². The average Bonchev–Trinajstić information content (AvgIpc) is 3.83. The summed E-state index contributed by atoms with van der Waals surface area (Å²) in [4.78, 5) is 78.6. The molecule has 3 aliphatic heterocycles. The average molecular weight is 1010 g/mol. The monoisotopic (exact) mass is 1010 g/mol. The quantitative estimate of drug-likeness (QED) is 0.206. The summed E-state index contributed by atoms with van der Waals surface area (Å²) >= 11 is 0. The molecule has 14 nitrogen and oxygen atoms in total. The molecular formula is C45H39ClN9O5Os. The second kappa shape index (κ2) is 20.7. The predicted octanol–water partition coefficient (Wildman–Crippen LogP) is 2.55. The Labute approximate surface area is 371 Å². The van der Waals surface area contributed by atoms with Crippen molar-refractivity contribution in [2.75, 3.05) is 45.9 Å². The van der Waals surface area contributed by atoms with Crippen molar-refractivity contribution in [2.24, 2.45) is 0 Å². The van der Waals surface area contributed by atoms with Gasteiger partial charge in [0.25, 0.3) is 23.6 Å². The van der Waals surface area contributed by atoms with E-state index in [2.05, 4.69) is 29.8 Å². The van der Waals surface area contributed by atoms with E-state index in [0.29, 0.717) is 59.3 Å². The van der Waals surface area contributed by atoms with Crippen molar-refractivity contribution in [3.63, 3.8) is 0 Å². The number of pyridine rings is 4. The normalized spacial score (nSPS) is 14.2. The zero-order valence-corrected chi connectivity index (χ0v) is 36.0. The molecule has 0 aliphatic carbocycles. The van der Waals surface area contributed by atoms with Gasteiger partial charge in [-0.2, -0.15) is 0 Å². The molecule has 309 valence electrons. The smallest absolute Gasteiger partial charge is 1.00 e. The van der Waals surface area contributed by atoms with Crippen molar-refractivity contribution in [3.8, 4) is 22.8 Å². The SMILES string of the molecule is O=C1c2ccc3c4c(ccc(c24)C(=O)N1CCN1CCOCC1)C(=O)N(CCn1ccnc1)C3=O.[Cl-].[Os+].c1ccc(-c2ccccn2)nc1.c1ccc(-c2ccccn2)nc1. The fourth-order valence-electron chi connectivity index (χ4n) is 7.14. The molecule has 0 spiro atoms. The van der Waals surface area contributed by atoms with Crippen molar-refractivity contribution in [2.45, 2.75) is 6.54 Å². The first-order chi connectivity index (χ1) is 29.0.